The third-order valence-corrected chi connectivity index (χ3v) is 3.40. The standard InChI is InChI=1S/C10H14N2OS/c1-8(13)6-9-7-11-10(14-9)12-4-2-3-5-12/h7H,2-6H2,1H3. The van der Waals surface area contributed by atoms with Gasteiger partial charge in [-0.2, -0.15) is 0 Å². The lowest BCUT2D eigenvalue weighted by Crippen LogP contribution is -2.16. The molecule has 0 unspecified atom stereocenters. The fourth-order valence-corrected chi connectivity index (χ4v) is 2.71. The van der Waals surface area contributed by atoms with Gasteiger partial charge in [-0.15, -0.1) is 11.3 Å². The van der Waals surface area contributed by atoms with Crippen molar-refractivity contribution >= 4 is 22.3 Å². The van der Waals surface area contributed by atoms with E-state index in [1.165, 1.54) is 12.8 Å². The first-order valence-electron chi connectivity index (χ1n) is 4.95. The number of hydrogen-bond acceptors (Lipinski definition) is 4. The Hall–Kier alpha value is -0.900. The summed E-state index contributed by atoms with van der Waals surface area (Å²) >= 11 is 1.65. The molecule has 0 atom stereocenters. The van der Waals surface area contributed by atoms with Crippen LogP contribution in [0, 0.1) is 0 Å². The van der Waals surface area contributed by atoms with Crippen LogP contribution in [0.25, 0.3) is 0 Å². The number of hydrogen-bond donors (Lipinski definition) is 0. The number of aromatic nitrogens is 1. The molecule has 0 N–H and O–H groups in total. The van der Waals surface area contributed by atoms with Gasteiger partial charge < -0.3 is 4.90 Å². The molecule has 1 aliphatic rings. The number of anilines is 1. The zero-order valence-electron chi connectivity index (χ0n) is 8.32. The highest BCUT2D eigenvalue weighted by Crippen LogP contribution is 2.25. The van der Waals surface area contributed by atoms with Crippen LogP contribution in [-0.4, -0.2) is 23.9 Å². The SMILES string of the molecule is CC(=O)Cc1cnc(N2CCCC2)s1. The van der Waals surface area contributed by atoms with Gasteiger partial charge in [-0.3, -0.25) is 4.79 Å². The van der Waals surface area contributed by atoms with E-state index in [-0.39, 0.29) is 5.78 Å². The Morgan fingerprint density at radius 2 is 2.29 bits per heavy atom. The van der Waals surface area contributed by atoms with Crippen LogP contribution in [0.4, 0.5) is 5.13 Å². The summed E-state index contributed by atoms with van der Waals surface area (Å²) in [5.74, 6) is 0.210. The summed E-state index contributed by atoms with van der Waals surface area (Å²) in [4.78, 5) is 18.6. The smallest absolute Gasteiger partial charge is 0.185 e. The molecule has 1 aromatic rings. The Morgan fingerprint density at radius 1 is 1.57 bits per heavy atom. The average molecular weight is 210 g/mol. The largest absolute Gasteiger partial charge is 0.348 e. The highest BCUT2D eigenvalue weighted by Gasteiger charge is 2.15. The highest BCUT2D eigenvalue weighted by molar-refractivity contribution is 7.15. The summed E-state index contributed by atoms with van der Waals surface area (Å²) in [6.07, 6.45) is 4.90. The van der Waals surface area contributed by atoms with Crippen LogP contribution in [0.5, 0.6) is 0 Å². The number of carbonyl (C=O) groups is 1. The molecule has 3 nitrogen and oxygen atoms in total. The fraction of sp³-hybridized carbons (Fsp3) is 0.600. The molecular formula is C10H14N2OS. The maximum atomic E-state index is 10.9. The van der Waals surface area contributed by atoms with Gasteiger partial charge in [0.25, 0.3) is 0 Å². The van der Waals surface area contributed by atoms with Crippen molar-refractivity contribution in [3.05, 3.63) is 11.1 Å². The first-order chi connectivity index (χ1) is 6.75. The Labute approximate surface area is 87.8 Å². The predicted molar refractivity (Wildman–Crippen MR) is 57.9 cm³/mol. The molecule has 0 saturated carbocycles. The zero-order valence-corrected chi connectivity index (χ0v) is 9.14. The van der Waals surface area contributed by atoms with Crippen LogP contribution in [-0.2, 0) is 11.2 Å². The number of ketones is 1. The minimum Gasteiger partial charge on any atom is -0.348 e. The van der Waals surface area contributed by atoms with Gasteiger partial charge in [0.05, 0.1) is 0 Å². The Balaban J connectivity index is 2.05. The molecule has 76 valence electrons. The topological polar surface area (TPSA) is 33.2 Å². The molecule has 0 spiro atoms. The van der Waals surface area contributed by atoms with Crippen molar-refractivity contribution in [2.45, 2.75) is 26.2 Å². The lowest BCUT2D eigenvalue weighted by molar-refractivity contribution is -0.116. The van der Waals surface area contributed by atoms with Crippen LogP contribution in [0.3, 0.4) is 0 Å². The number of rotatable bonds is 3. The molecule has 4 heteroatoms. The second kappa shape index (κ2) is 4.09. The quantitative estimate of drug-likeness (QED) is 0.763. The van der Waals surface area contributed by atoms with E-state index < -0.39 is 0 Å². The van der Waals surface area contributed by atoms with E-state index >= 15 is 0 Å². The van der Waals surface area contributed by atoms with Gasteiger partial charge >= 0.3 is 0 Å². The van der Waals surface area contributed by atoms with Gasteiger partial charge in [0.2, 0.25) is 0 Å². The molecule has 1 aromatic heterocycles. The van der Waals surface area contributed by atoms with Gasteiger partial charge in [0.1, 0.15) is 5.78 Å². The van der Waals surface area contributed by atoms with E-state index in [1.807, 2.05) is 6.20 Å². The summed E-state index contributed by atoms with van der Waals surface area (Å²) in [6.45, 7) is 3.86. The minimum atomic E-state index is 0.210. The maximum absolute atomic E-state index is 10.9. The van der Waals surface area contributed by atoms with Crippen molar-refractivity contribution in [3.63, 3.8) is 0 Å². The van der Waals surface area contributed by atoms with Crippen molar-refractivity contribution in [3.8, 4) is 0 Å². The van der Waals surface area contributed by atoms with Gasteiger partial charge in [-0.25, -0.2) is 4.98 Å². The van der Waals surface area contributed by atoms with Gasteiger partial charge in [-0.1, -0.05) is 0 Å². The normalized spacial score (nSPS) is 16.2. The lowest BCUT2D eigenvalue weighted by atomic mass is 10.3. The third kappa shape index (κ3) is 2.12. The second-order valence-electron chi connectivity index (χ2n) is 3.68. The van der Waals surface area contributed by atoms with Crippen molar-refractivity contribution < 1.29 is 4.79 Å². The van der Waals surface area contributed by atoms with Gasteiger partial charge in [0.15, 0.2) is 5.13 Å². The monoisotopic (exact) mass is 210 g/mol. The second-order valence-corrected chi connectivity index (χ2v) is 4.78. The Bertz CT molecular complexity index is 329. The third-order valence-electron chi connectivity index (χ3n) is 2.34. The summed E-state index contributed by atoms with van der Waals surface area (Å²) in [6, 6.07) is 0. The van der Waals surface area contributed by atoms with E-state index in [0.29, 0.717) is 6.42 Å². The van der Waals surface area contributed by atoms with Gasteiger partial charge in [-0.05, 0) is 19.8 Å². The summed E-state index contributed by atoms with van der Waals surface area (Å²) in [7, 11) is 0. The molecule has 2 heterocycles. The number of thiazole rings is 1. The Morgan fingerprint density at radius 3 is 2.93 bits per heavy atom. The van der Waals surface area contributed by atoms with Crippen LogP contribution >= 0.6 is 11.3 Å². The number of nitrogens with zero attached hydrogens (tertiary/aromatic N) is 2. The fourth-order valence-electron chi connectivity index (χ4n) is 1.68. The predicted octanol–water partition coefficient (Wildman–Crippen LogP) is 1.87. The maximum Gasteiger partial charge on any atom is 0.185 e. The van der Waals surface area contributed by atoms with E-state index in [0.717, 1.165) is 23.1 Å². The molecule has 1 aliphatic heterocycles. The average Bonchev–Trinajstić information content (AvgIpc) is 2.69. The Kier molecular flexibility index (Phi) is 2.82. The zero-order chi connectivity index (χ0) is 9.97. The molecule has 0 aromatic carbocycles. The highest BCUT2D eigenvalue weighted by atomic mass is 32.1. The van der Waals surface area contributed by atoms with Gasteiger partial charge in [0, 0.05) is 30.6 Å². The van der Waals surface area contributed by atoms with E-state index in [2.05, 4.69) is 9.88 Å². The molecule has 2 rings (SSSR count). The number of Topliss-reactive ketones (excluding diaryl/α,β-unsaturated/α-hetero) is 1. The van der Waals surface area contributed by atoms with Crippen molar-refractivity contribution in [2.24, 2.45) is 0 Å². The van der Waals surface area contributed by atoms with E-state index in [9.17, 15) is 4.79 Å². The summed E-state index contributed by atoms with van der Waals surface area (Å²) < 4.78 is 0. The first-order valence-corrected chi connectivity index (χ1v) is 5.76. The molecule has 0 bridgehead atoms. The molecule has 0 radical (unpaired) electrons. The van der Waals surface area contributed by atoms with E-state index in [1.54, 1.807) is 18.3 Å². The molecule has 0 amide bonds. The molecule has 0 aliphatic carbocycles. The van der Waals surface area contributed by atoms with E-state index in [4.69, 9.17) is 0 Å². The first kappa shape index (κ1) is 9.65. The van der Waals surface area contributed by atoms with Crippen molar-refractivity contribution in [1.29, 1.82) is 0 Å². The molecule has 14 heavy (non-hydrogen) atoms. The van der Waals surface area contributed by atoms with Crippen molar-refractivity contribution in [1.82, 2.24) is 4.98 Å². The number of carbonyl (C=O) groups excluding carboxylic acids is 1. The molecule has 1 fully saturated rings. The minimum absolute atomic E-state index is 0.210. The van der Waals surface area contributed by atoms with Crippen LogP contribution < -0.4 is 4.90 Å². The lowest BCUT2D eigenvalue weighted by Gasteiger charge is -2.11. The molecule has 1 saturated heterocycles. The summed E-state index contributed by atoms with van der Waals surface area (Å²) in [5, 5.41) is 1.08. The van der Waals surface area contributed by atoms with Crippen molar-refractivity contribution in [2.75, 3.05) is 18.0 Å². The van der Waals surface area contributed by atoms with Crippen LogP contribution in [0.2, 0.25) is 0 Å². The molecular weight excluding hydrogens is 196 g/mol. The van der Waals surface area contributed by atoms with Crippen LogP contribution in [0.15, 0.2) is 6.20 Å². The summed E-state index contributed by atoms with van der Waals surface area (Å²) in [5.41, 5.74) is 0. The van der Waals surface area contributed by atoms with Crippen LogP contribution in [0.1, 0.15) is 24.6 Å².